The van der Waals surface area contributed by atoms with Crippen LogP contribution in [0.1, 0.15) is 0 Å². The van der Waals surface area contributed by atoms with Gasteiger partial charge in [-0.1, -0.05) is 6.55 Å². The molecule has 0 aliphatic heterocycles. The fourth-order valence-corrected chi connectivity index (χ4v) is 4.11. The molecule has 0 bridgehead atoms. The quantitative estimate of drug-likeness (QED) is 0.510. The Bertz CT molecular complexity index is 57.1. The second kappa shape index (κ2) is 16.6. The Morgan fingerprint density at radius 3 is 1.64 bits per heavy atom. The summed E-state index contributed by atoms with van der Waals surface area (Å²) in [6, 6.07) is 0. The van der Waals surface area contributed by atoms with Gasteiger partial charge in [0.05, 0.1) is 9.68 Å². The van der Waals surface area contributed by atoms with E-state index in [9.17, 15) is 0 Å². The monoisotopic (exact) mass is 207 g/mol. The first-order valence-corrected chi connectivity index (χ1v) is 6.92. The van der Waals surface area contributed by atoms with Gasteiger partial charge in [0.25, 0.3) is 9.28 Å². The highest BCUT2D eigenvalue weighted by atomic mass is 28.3. The lowest BCUT2D eigenvalue weighted by molar-refractivity contribution is 0.108. The lowest BCUT2D eigenvalue weighted by Gasteiger charge is -2.11. The molecule has 0 aromatic carbocycles. The maximum atomic E-state index is 8.00. The van der Waals surface area contributed by atoms with Crippen LogP contribution in [0.5, 0.6) is 0 Å². The van der Waals surface area contributed by atoms with Crippen LogP contribution in [0.3, 0.4) is 0 Å². The Labute approximate surface area is 68.9 Å². The third-order valence-corrected chi connectivity index (χ3v) is 5.41. The van der Waals surface area contributed by atoms with Gasteiger partial charge in [0.1, 0.15) is 0 Å². The minimum absolute atomic E-state index is 0. The topological polar surface area (TPSA) is 36.1 Å². The summed E-state index contributed by atoms with van der Waals surface area (Å²) in [6.07, 6.45) is 0. The van der Waals surface area contributed by atoms with Crippen LogP contribution in [0, 0.1) is 0 Å². The highest BCUT2D eigenvalue weighted by Gasteiger charge is 1.99. The molecule has 0 radical (unpaired) electrons. The van der Waals surface area contributed by atoms with E-state index in [1.165, 1.54) is 0 Å². The van der Waals surface area contributed by atoms with Gasteiger partial charge in [0.2, 0.25) is 0 Å². The molecule has 0 spiro atoms. The molecule has 0 aromatic rings. The van der Waals surface area contributed by atoms with Gasteiger partial charge in [-0.25, -0.2) is 0 Å². The zero-order chi connectivity index (χ0) is 8.41. The molecule has 0 aliphatic rings. The second-order valence-electron chi connectivity index (χ2n) is 1.57. The lowest BCUT2D eigenvalue weighted by Crippen LogP contribution is -2.56. The molecule has 3 N–H and O–H groups in total. The number of nitrogens with one attached hydrogen (secondary N) is 3. The average molecular weight is 207 g/mol. The van der Waals surface area contributed by atoms with Gasteiger partial charge in [0, 0.05) is 9.15 Å². The molecule has 3 nitrogen and oxygen atoms in total. The predicted molar refractivity (Wildman–Crippen MR) is 47.5 cm³/mol. The molecule has 0 heterocycles. The first kappa shape index (κ1) is 17.3. The number of hydrogen-bond acceptors (Lipinski definition) is 3. The zero-order valence-corrected chi connectivity index (χ0v) is 9.52. The number of hydrogen-bond donors (Lipinski definition) is 3. The van der Waals surface area contributed by atoms with E-state index in [0.717, 1.165) is 0 Å². The van der Waals surface area contributed by atoms with Crippen molar-refractivity contribution in [2.24, 2.45) is 0 Å². The van der Waals surface area contributed by atoms with Crippen molar-refractivity contribution in [1.82, 2.24) is 14.6 Å². The second-order valence-corrected chi connectivity index (χ2v) is 5.93. The van der Waals surface area contributed by atoms with Crippen molar-refractivity contribution >= 4 is 19.0 Å². The smallest absolute Gasteiger partial charge is 0.257 e. The van der Waals surface area contributed by atoms with Gasteiger partial charge in [-0.2, -0.15) is 0 Å². The third kappa shape index (κ3) is 13.1. The summed E-state index contributed by atoms with van der Waals surface area (Å²) in [5, 5.41) is 0. The molecule has 0 atom stereocenters. The van der Waals surface area contributed by atoms with Crippen molar-refractivity contribution in [3.05, 3.63) is 0 Å². The minimum atomic E-state index is -0.880. The van der Waals surface area contributed by atoms with E-state index < -0.39 is 9.28 Å². The van der Waals surface area contributed by atoms with E-state index in [-0.39, 0.29) is 14.4 Å². The van der Waals surface area contributed by atoms with Crippen LogP contribution in [-0.2, 0) is 0 Å². The van der Waals surface area contributed by atoms with Gasteiger partial charge in [-0.15, -0.1) is 0 Å². The van der Waals surface area contributed by atoms with E-state index in [4.69, 9.17) is 9.15 Å². The SMILES string of the molecule is CN[SiH](NC)N[SiH2]C.F.FF. The Morgan fingerprint density at radius 2 is 1.55 bits per heavy atom. The fraction of sp³-hybridized carbons (Fsp3) is 1.00. The normalized spacial score (nSPS) is 9.27. The highest BCUT2D eigenvalue weighted by Crippen LogP contribution is 1.54. The van der Waals surface area contributed by atoms with E-state index >= 15 is 0 Å². The summed E-state index contributed by atoms with van der Waals surface area (Å²) in [6.45, 7) is 2.24. The van der Waals surface area contributed by atoms with Crippen LogP contribution in [0.4, 0.5) is 13.9 Å². The van der Waals surface area contributed by atoms with Crippen molar-refractivity contribution in [3.63, 3.8) is 0 Å². The first-order chi connectivity index (χ1) is 4.85. The molecule has 72 valence electrons. The third-order valence-electron chi connectivity index (χ3n) is 0.986. The van der Waals surface area contributed by atoms with Gasteiger partial charge >= 0.3 is 0 Å². The maximum Gasteiger partial charge on any atom is 0.257 e. The van der Waals surface area contributed by atoms with E-state index in [2.05, 4.69) is 21.2 Å². The van der Waals surface area contributed by atoms with Crippen LogP contribution in [0.2, 0.25) is 6.55 Å². The van der Waals surface area contributed by atoms with Crippen molar-refractivity contribution in [3.8, 4) is 0 Å². The molecule has 0 amide bonds. The first-order valence-electron chi connectivity index (χ1n) is 3.07. The number of rotatable bonds is 4. The van der Waals surface area contributed by atoms with Crippen LogP contribution in [0.25, 0.3) is 0 Å². The largest absolute Gasteiger partial charge is 0.343 e. The van der Waals surface area contributed by atoms with Crippen LogP contribution in [0.15, 0.2) is 0 Å². The lowest BCUT2D eigenvalue weighted by atomic mass is 11.6. The van der Waals surface area contributed by atoms with Crippen molar-refractivity contribution in [1.29, 1.82) is 0 Å². The standard InChI is InChI=1S/C3H15N3Si2.F2.FH/c1-4-8(5-2)6-7-3;1-2;/h4-6,8H,7H2,1-3H3;;1H. The fourth-order valence-electron chi connectivity index (χ4n) is 0.553. The zero-order valence-electron chi connectivity index (χ0n) is 6.95. The summed E-state index contributed by atoms with van der Waals surface area (Å²) < 4.78 is 19.4. The molecule has 0 fully saturated rings. The molecule has 0 saturated heterocycles. The summed E-state index contributed by atoms with van der Waals surface area (Å²) in [4.78, 5) is 6.41. The van der Waals surface area contributed by atoms with Crippen LogP contribution in [-0.4, -0.2) is 33.1 Å². The minimum Gasteiger partial charge on any atom is -0.343 e. The van der Waals surface area contributed by atoms with Crippen molar-refractivity contribution < 1.29 is 13.9 Å². The van der Waals surface area contributed by atoms with E-state index in [1.807, 2.05) is 14.1 Å². The number of halogens is 3. The molecule has 0 saturated carbocycles. The molecular weight excluding hydrogens is 191 g/mol. The Kier molecular flexibility index (Phi) is 26.0. The van der Waals surface area contributed by atoms with E-state index in [0.29, 0.717) is 0 Å². The average Bonchev–Trinajstić information content (AvgIpc) is 2.04. The molecular formula is C3H16F3N3Si2. The molecule has 11 heavy (non-hydrogen) atoms. The Balaban J connectivity index is -0.000000196. The Morgan fingerprint density at radius 1 is 1.18 bits per heavy atom. The predicted octanol–water partition coefficient (Wildman–Crippen LogP) is -1.14. The molecule has 8 heteroatoms. The summed E-state index contributed by atoms with van der Waals surface area (Å²) >= 11 is 0. The van der Waals surface area contributed by atoms with Gasteiger partial charge < -0.3 is 14.6 Å². The van der Waals surface area contributed by atoms with Crippen LogP contribution >= 0.6 is 0 Å². The Hall–Kier alpha value is 0.104. The van der Waals surface area contributed by atoms with Crippen molar-refractivity contribution in [2.75, 3.05) is 14.1 Å². The van der Waals surface area contributed by atoms with Crippen LogP contribution < -0.4 is 14.6 Å². The van der Waals surface area contributed by atoms with Crippen molar-refractivity contribution in [2.45, 2.75) is 6.55 Å². The van der Waals surface area contributed by atoms with E-state index in [1.54, 1.807) is 0 Å². The summed E-state index contributed by atoms with van der Waals surface area (Å²) in [7, 11) is 3.13. The highest BCUT2D eigenvalue weighted by molar-refractivity contribution is 6.60. The van der Waals surface area contributed by atoms with Gasteiger partial charge in [-0.3, -0.25) is 4.70 Å². The summed E-state index contributed by atoms with van der Waals surface area (Å²) in [5.74, 6) is 0. The molecule has 0 unspecified atom stereocenters. The van der Waals surface area contributed by atoms with Gasteiger partial charge in [0.15, 0.2) is 0 Å². The van der Waals surface area contributed by atoms with Gasteiger partial charge in [-0.05, 0) is 14.1 Å². The maximum absolute atomic E-state index is 8.00. The molecule has 0 aromatic heterocycles. The molecule has 0 aliphatic carbocycles. The summed E-state index contributed by atoms with van der Waals surface area (Å²) in [5.41, 5.74) is 0. The molecule has 0 rings (SSSR count).